The Hall–Kier alpha value is -1.57. The van der Waals surface area contributed by atoms with Crippen LogP contribution in [0.4, 0.5) is 0 Å². The molecule has 0 radical (unpaired) electrons. The first-order valence-corrected chi connectivity index (χ1v) is 5.54. The quantitative estimate of drug-likeness (QED) is 0.555. The third-order valence-corrected chi connectivity index (χ3v) is 2.30. The third-order valence-electron chi connectivity index (χ3n) is 2.30. The average molecular weight is 217 g/mol. The van der Waals surface area contributed by atoms with Crippen LogP contribution in [0.25, 0.3) is 5.70 Å². The van der Waals surface area contributed by atoms with Gasteiger partial charge in [-0.05, 0) is 38.8 Å². The molecular formula is C14H19NO. The maximum absolute atomic E-state index is 5.15. The van der Waals surface area contributed by atoms with E-state index in [2.05, 4.69) is 37.9 Å². The van der Waals surface area contributed by atoms with Gasteiger partial charge in [-0.1, -0.05) is 24.3 Å². The van der Waals surface area contributed by atoms with Crippen molar-refractivity contribution in [1.29, 1.82) is 0 Å². The Kier molecular flexibility index (Phi) is 4.77. The Morgan fingerprint density at radius 3 is 2.56 bits per heavy atom. The minimum absolute atomic E-state index is 0.646. The summed E-state index contributed by atoms with van der Waals surface area (Å²) in [6.07, 6.45) is 1.52. The lowest BCUT2D eigenvalue weighted by atomic mass is 10.0. The normalized spacial score (nSPS) is 10.5. The number of benzene rings is 1. The molecule has 0 N–H and O–H groups in total. The lowest BCUT2D eigenvalue weighted by molar-refractivity contribution is 0.344. The topological polar surface area (TPSA) is 21.6 Å². The standard InChI is InChI=1S/C14H19NO/c1-5-16-10-15-14(11(2)3)13-9-7-6-8-12(13)4/h6-10H,5H2,1-4H3. The van der Waals surface area contributed by atoms with Crippen molar-refractivity contribution in [2.45, 2.75) is 27.7 Å². The fourth-order valence-corrected chi connectivity index (χ4v) is 1.47. The molecular weight excluding hydrogens is 198 g/mol. The maximum Gasteiger partial charge on any atom is 0.174 e. The number of aryl methyl sites for hydroxylation is 1. The molecule has 2 heteroatoms. The van der Waals surface area contributed by atoms with Crippen LogP contribution in [0, 0.1) is 6.92 Å². The first kappa shape index (κ1) is 12.5. The molecule has 0 heterocycles. The summed E-state index contributed by atoms with van der Waals surface area (Å²) < 4.78 is 5.15. The van der Waals surface area contributed by atoms with Crippen molar-refractivity contribution in [3.63, 3.8) is 0 Å². The van der Waals surface area contributed by atoms with E-state index in [1.54, 1.807) is 0 Å². The molecule has 1 aromatic carbocycles. The number of ether oxygens (including phenoxy) is 1. The van der Waals surface area contributed by atoms with Crippen LogP contribution in [0.1, 0.15) is 31.9 Å². The summed E-state index contributed by atoms with van der Waals surface area (Å²) in [5, 5.41) is 0. The van der Waals surface area contributed by atoms with Gasteiger partial charge in [0.25, 0.3) is 0 Å². The second kappa shape index (κ2) is 6.11. The Balaban J connectivity index is 3.06. The highest BCUT2D eigenvalue weighted by Gasteiger charge is 2.04. The number of rotatable bonds is 4. The molecule has 0 spiro atoms. The molecule has 86 valence electrons. The molecule has 0 aliphatic carbocycles. The number of hydrogen-bond acceptors (Lipinski definition) is 2. The van der Waals surface area contributed by atoms with E-state index < -0.39 is 0 Å². The zero-order valence-corrected chi connectivity index (χ0v) is 10.4. The zero-order valence-electron chi connectivity index (χ0n) is 10.4. The summed E-state index contributed by atoms with van der Waals surface area (Å²) in [5.74, 6) is 0. The van der Waals surface area contributed by atoms with Crippen LogP contribution in [0.5, 0.6) is 0 Å². The van der Waals surface area contributed by atoms with Crippen LogP contribution in [-0.2, 0) is 4.74 Å². The molecule has 0 unspecified atom stereocenters. The van der Waals surface area contributed by atoms with Gasteiger partial charge >= 0.3 is 0 Å². The van der Waals surface area contributed by atoms with E-state index in [-0.39, 0.29) is 0 Å². The molecule has 0 amide bonds. The fraction of sp³-hybridized carbons (Fsp3) is 0.357. The monoisotopic (exact) mass is 217 g/mol. The van der Waals surface area contributed by atoms with E-state index in [1.807, 2.05) is 19.1 Å². The molecule has 0 fully saturated rings. The number of allylic oxidation sites excluding steroid dienone is 1. The SMILES string of the molecule is CCOC=NC(=C(C)C)c1ccccc1C. The highest BCUT2D eigenvalue weighted by atomic mass is 16.5. The van der Waals surface area contributed by atoms with Gasteiger partial charge in [0.1, 0.15) is 0 Å². The van der Waals surface area contributed by atoms with Crippen LogP contribution in [0.2, 0.25) is 0 Å². The van der Waals surface area contributed by atoms with Gasteiger partial charge < -0.3 is 4.74 Å². The van der Waals surface area contributed by atoms with E-state index in [4.69, 9.17) is 4.74 Å². The molecule has 1 aromatic rings. The van der Waals surface area contributed by atoms with Crippen LogP contribution >= 0.6 is 0 Å². The molecule has 0 saturated heterocycles. The van der Waals surface area contributed by atoms with Crippen LogP contribution in [0.3, 0.4) is 0 Å². The van der Waals surface area contributed by atoms with Crippen molar-refractivity contribution in [2.24, 2.45) is 4.99 Å². The molecule has 0 atom stereocenters. The van der Waals surface area contributed by atoms with Gasteiger partial charge in [0.05, 0.1) is 12.3 Å². The molecule has 0 aromatic heterocycles. The Morgan fingerprint density at radius 1 is 1.31 bits per heavy atom. The predicted molar refractivity (Wildman–Crippen MR) is 69.6 cm³/mol. The highest BCUT2D eigenvalue weighted by molar-refractivity contribution is 5.74. The average Bonchev–Trinajstić information content (AvgIpc) is 2.25. The van der Waals surface area contributed by atoms with Gasteiger partial charge in [0.2, 0.25) is 0 Å². The molecule has 0 saturated carbocycles. The van der Waals surface area contributed by atoms with Gasteiger partial charge in [-0.15, -0.1) is 0 Å². The molecule has 2 nitrogen and oxygen atoms in total. The Bertz CT molecular complexity index is 401. The zero-order chi connectivity index (χ0) is 12.0. The summed E-state index contributed by atoms with van der Waals surface area (Å²) in [6.45, 7) is 8.81. The van der Waals surface area contributed by atoms with Crippen LogP contribution in [-0.4, -0.2) is 13.0 Å². The lowest BCUT2D eigenvalue weighted by Crippen LogP contribution is -1.91. The van der Waals surface area contributed by atoms with Crippen molar-refractivity contribution < 1.29 is 4.74 Å². The second-order valence-corrected chi connectivity index (χ2v) is 3.85. The number of aliphatic imine (C=N–C) groups is 1. The van der Waals surface area contributed by atoms with Gasteiger partial charge in [-0.3, -0.25) is 0 Å². The molecule has 0 bridgehead atoms. The first-order chi connectivity index (χ1) is 7.66. The second-order valence-electron chi connectivity index (χ2n) is 3.85. The smallest absolute Gasteiger partial charge is 0.174 e. The van der Waals surface area contributed by atoms with Gasteiger partial charge in [0.15, 0.2) is 6.40 Å². The molecule has 0 aliphatic rings. The maximum atomic E-state index is 5.15. The lowest BCUT2D eigenvalue weighted by Gasteiger charge is -2.08. The van der Waals surface area contributed by atoms with E-state index in [0.29, 0.717) is 6.61 Å². The van der Waals surface area contributed by atoms with E-state index >= 15 is 0 Å². The van der Waals surface area contributed by atoms with Crippen LogP contribution in [0.15, 0.2) is 34.8 Å². The third kappa shape index (κ3) is 3.23. The first-order valence-electron chi connectivity index (χ1n) is 5.54. The van der Waals surface area contributed by atoms with Gasteiger partial charge in [0, 0.05) is 5.56 Å². The van der Waals surface area contributed by atoms with Gasteiger partial charge in [-0.2, -0.15) is 0 Å². The van der Waals surface area contributed by atoms with Gasteiger partial charge in [-0.25, -0.2) is 4.99 Å². The Morgan fingerprint density at radius 2 is 2.00 bits per heavy atom. The molecule has 16 heavy (non-hydrogen) atoms. The summed E-state index contributed by atoms with van der Waals surface area (Å²) in [6, 6.07) is 8.24. The molecule has 1 rings (SSSR count). The van der Waals surface area contributed by atoms with Crippen molar-refractivity contribution in [3.05, 3.63) is 41.0 Å². The van der Waals surface area contributed by atoms with Crippen LogP contribution < -0.4 is 0 Å². The minimum Gasteiger partial charge on any atom is -0.483 e. The summed E-state index contributed by atoms with van der Waals surface area (Å²) in [7, 11) is 0. The number of hydrogen-bond donors (Lipinski definition) is 0. The fourth-order valence-electron chi connectivity index (χ4n) is 1.47. The molecule has 0 aliphatic heterocycles. The summed E-state index contributed by atoms with van der Waals surface area (Å²) >= 11 is 0. The van der Waals surface area contributed by atoms with Crippen molar-refractivity contribution in [1.82, 2.24) is 0 Å². The predicted octanol–water partition coefficient (Wildman–Crippen LogP) is 3.81. The summed E-state index contributed by atoms with van der Waals surface area (Å²) in [5.41, 5.74) is 4.57. The highest BCUT2D eigenvalue weighted by Crippen LogP contribution is 2.22. The minimum atomic E-state index is 0.646. The van der Waals surface area contributed by atoms with E-state index in [9.17, 15) is 0 Å². The number of nitrogens with zero attached hydrogens (tertiary/aromatic N) is 1. The van der Waals surface area contributed by atoms with Crippen molar-refractivity contribution in [3.8, 4) is 0 Å². The van der Waals surface area contributed by atoms with E-state index in [1.165, 1.54) is 23.1 Å². The summed E-state index contributed by atoms with van der Waals surface area (Å²) in [4.78, 5) is 4.38. The largest absolute Gasteiger partial charge is 0.483 e. The van der Waals surface area contributed by atoms with Crippen molar-refractivity contribution in [2.75, 3.05) is 6.61 Å². The van der Waals surface area contributed by atoms with E-state index in [0.717, 1.165) is 5.70 Å². The Labute approximate surface area is 97.7 Å². The van der Waals surface area contributed by atoms with Crippen molar-refractivity contribution >= 4 is 12.1 Å².